The molecule has 2 aromatic carbocycles. The lowest BCUT2D eigenvalue weighted by Crippen LogP contribution is -2.22. The molecule has 0 saturated carbocycles. The van der Waals surface area contributed by atoms with Gasteiger partial charge in [0.2, 0.25) is 0 Å². The zero-order chi connectivity index (χ0) is 18.4. The van der Waals surface area contributed by atoms with Crippen LogP contribution in [0.25, 0.3) is 0 Å². The summed E-state index contributed by atoms with van der Waals surface area (Å²) in [5.41, 5.74) is 6.22. The van der Waals surface area contributed by atoms with Gasteiger partial charge < -0.3 is 15.8 Å². The number of benzene rings is 2. The van der Waals surface area contributed by atoms with E-state index in [1.54, 1.807) is 30.3 Å². The Balaban J connectivity index is 0.00000338. The second kappa shape index (κ2) is 9.65. The number of anilines is 1. The van der Waals surface area contributed by atoms with Gasteiger partial charge in [0.1, 0.15) is 5.75 Å². The molecule has 0 saturated heterocycles. The number of nitrogens with two attached hydrogens (primary N) is 1. The van der Waals surface area contributed by atoms with Crippen LogP contribution in [0.3, 0.4) is 0 Å². The molecule has 0 aliphatic rings. The molecule has 0 radical (unpaired) electrons. The molecule has 8 heteroatoms. The number of hydrogen-bond donors (Lipinski definition) is 2. The maximum Gasteiger partial charge on any atom is 0.416 e. The third kappa shape index (κ3) is 7.11. The molecule has 26 heavy (non-hydrogen) atoms. The maximum atomic E-state index is 12.7. The van der Waals surface area contributed by atoms with Crippen molar-refractivity contribution in [1.29, 1.82) is 0 Å². The summed E-state index contributed by atoms with van der Waals surface area (Å²) in [6.07, 6.45) is -4.29. The Labute approximate surface area is 167 Å². The molecule has 0 aliphatic heterocycles. The van der Waals surface area contributed by atoms with Crippen LogP contribution in [0.5, 0.6) is 5.75 Å². The predicted octanol–water partition coefficient (Wildman–Crippen LogP) is 5.04. The zero-order valence-electron chi connectivity index (χ0n) is 14.4. The monoisotopic (exact) mass is 479 g/mol. The minimum Gasteiger partial charge on any atom is -0.491 e. The number of nitrogens with zero attached hydrogens (tertiary/aromatic N) is 1. The van der Waals surface area contributed by atoms with Gasteiger partial charge in [-0.3, -0.25) is 0 Å². The molecular weight excluding hydrogens is 458 g/mol. The molecule has 2 aromatic rings. The maximum absolute atomic E-state index is 12.7. The highest BCUT2D eigenvalue weighted by atomic mass is 127. The topological polar surface area (TPSA) is 59.6 Å². The van der Waals surface area contributed by atoms with Gasteiger partial charge in [0.15, 0.2) is 5.96 Å². The van der Waals surface area contributed by atoms with E-state index in [1.807, 2.05) is 13.8 Å². The van der Waals surface area contributed by atoms with Gasteiger partial charge in [-0.25, -0.2) is 4.99 Å². The normalized spacial score (nSPS) is 11.8. The number of nitrogens with one attached hydrogen (secondary N) is 1. The Kier molecular flexibility index (Phi) is 8.19. The standard InChI is InChI=1S/C18H20F3N3O.HI/c1-12(2)25-16-8-6-15(7-9-16)24-17(22)23-11-13-4-3-5-14(10-13)18(19,20)21;/h3-10,12H,11H2,1-2H3,(H3,22,23,24);1H. The van der Waals surface area contributed by atoms with Crippen LogP contribution < -0.4 is 15.8 Å². The molecule has 0 spiro atoms. The molecule has 0 atom stereocenters. The SMILES string of the molecule is CC(C)Oc1ccc(NC(N)=NCc2cccc(C(F)(F)F)c2)cc1.I. The average Bonchev–Trinajstić information content (AvgIpc) is 2.54. The van der Waals surface area contributed by atoms with Crippen molar-refractivity contribution in [2.24, 2.45) is 10.7 Å². The quantitative estimate of drug-likeness (QED) is 0.359. The smallest absolute Gasteiger partial charge is 0.416 e. The van der Waals surface area contributed by atoms with Crippen molar-refractivity contribution >= 4 is 35.6 Å². The van der Waals surface area contributed by atoms with Gasteiger partial charge in [-0.1, -0.05) is 12.1 Å². The van der Waals surface area contributed by atoms with E-state index in [9.17, 15) is 13.2 Å². The molecule has 3 N–H and O–H groups in total. The molecule has 0 bridgehead atoms. The molecule has 0 unspecified atom stereocenters. The zero-order valence-corrected chi connectivity index (χ0v) is 16.7. The Morgan fingerprint density at radius 2 is 1.81 bits per heavy atom. The van der Waals surface area contributed by atoms with Gasteiger partial charge in [0.05, 0.1) is 18.2 Å². The average molecular weight is 479 g/mol. The summed E-state index contributed by atoms with van der Waals surface area (Å²) >= 11 is 0. The van der Waals surface area contributed by atoms with Gasteiger partial charge in [0.25, 0.3) is 0 Å². The van der Waals surface area contributed by atoms with Crippen molar-refractivity contribution in [1.82, 2.24) is 0 Å². The molecule has 0 aliphatic carbocycles. The number of aliphatic imine (C=N–C) groups is 1. The molecule has 0 fully saturated rings. The van der Waals surface area contributed by atoms with E-state index in [1.165, 1.54) is 6.07 Å². The third-order valence-corrected chi connectivity index (χ3v) is 3.18. The lowest BCUT2D eigenvalue weighted by atomic mass is 10.1. The first-order valence-electron chi connectivity index (χ1n) is 7.74. The van der Waals surface area contributed by atoms with Crippen molar-refractivity contribution in [3.63, 3.8) is 0 Å². The van der Waals surface area contributed by atoms with Crippen molar-refractivity contribution < 1.29 is 17.9 Å². The first kappa shape index (κ1) is 22.1. The Bertz CT molecular complexity index is 731. The summed E-state index contributed by atoms with van der Waals surface area (Å²) in [5.74, 6) is 0.856. The van der Waals surface area contributed by atoms with Crippen LogP contribution in [0.1, 0.15) is 25.0 Å². The molecular formula is C18H21F3IN3O. The van der Waals surface area contributed by atoms with E-state index in [0.29, 0.717) is 11.3 Å². The third-order valence-electron chi connectivity index (χ3n) is 3.18. The number of rotatable bonds is 5. The van der Waals surface area contributed by atoms with Crippen LogP contribution in [0.2, 0.25) is 0 Å². The van der Waals surface area contributed by atoms with Gasteiger partial charge in [0, 0.05) is 5.69 Å². The first-order valence-corrected chi connectivity index (χ1v) is 7.74. The lowest BCUT2D eigenvalue weighted by molar-refractivity contribution is -0.137. The number of halogens is 4. The summed E-state index contributed by atoms with van der Waals surface area (Å²) in [6.45, 7) is 3.92. The fourth-order valence-corrected chi connectivity index (χ4v) is 2.10. The second-order valence-electron chi connectivity index (χ2n) is 5.72. The number of guanidine groups is 1. The minimum absolute atomic E-state index is 0. The molecule has 142 valence electrons. The number of hydrogen-bond acceptors (Lipinski definition) is 2. The van der Waals surface area contributed by atoms with E-state index in [2.05, 4.69) is 10.3 Å². The summed E-state index contributed by atoms with van der Waals surface area (Å²) < 4.78 is 43.6. The van der Waals surface area contributed by atoms with Gasteiger partial charge >= 0.3 is 6.18 Å². The van der Waals surface area contributed by atoms with Gasteiger partial charge in [-0.2, -0.15) is 13.2 Å². The van der Waals surface area contributed by atoms with Crippen LogP contribution in [0.15, 0.2) is 53.5 Å². The van der Waals surface area contributed by atoms with Crippen LogP contribution in [0, 0.1) is 0 Å². The lowest BCUT2D eigenvalue weighted by Gasteiger charge is -2.11. The van der Waals surface area contributed by atoms with Gasteiger partial charge in [-0.15, -0.1) is 24.0 Å². The van der Waals surface area contributed by atoms with Crippen molar-refractivity contribution in [3.05, 3.63) is 59.7 Å². The summed E-state index contributed by atoms with van der Waals surface area (Å²) in [4.78, 5) is 4.07. The minimum atomic E-state index is -4.37. The fourth-order valence-electron chi connectivity index (χ4n) is 2.10. The second-order valence-corrected chi connectivity index (χ2v) is 5.72. The Morgan fingerprint density at radius 1 is 1.15 bits per heavy atom. The first-order chi connectivity index (χ1) is 11.7. The summed E-state index contributed by atoms with van der Waals surface area (Å²) in [7, 11) is 0. The van der Waals surface area contributed by atoms with Crippen molar-refractivity contribution in [2.75, 3.05) is 5.32 Å². The van der Waals surface area contributed by atoms with Crippen LogP contribution in [-0.4, -0.2) is 12.1 Å². The van der Waals surface area contributed by atoms with E-state index >= 15 is 0 Å². The van der Waals surface area contributed by atoms with E-state index < -0.39 is 11.7 Å². The van der Waals surface area contributed by atoms with E-state index in [4.69, 9.17) is 10.5 Å². The molecule has 4 nitrogen and oxygen atoms in total. The van der Waals surface area contributed by atoms with Crippen LogP contribution >= 0.6 is 24.0 Å². The molecule has 0 aromatic heterocycles. The number of ether oxygens (including phenoxy) is 1. The number of alkyl halides is 3. The highest BCUT2D eigenvalue weighted by Gasteiger charge is 2.30. The Morgan fingerprint density at radius 3 is 2.38 bits per heavy atom. The van der Waals surface area contributed by atoms with Crippen molar-refractivity contribution in [2.45, 2.75) is 32.7 Å². The highest BCUT2D eigenvalue weighted by molar-refractivity contribution is 14.0. The van der Waals surface area contributed by atoms with Gasteiger partial charge in [-0.05, 0) is 55.8 Å². The van der Waals surface area contributed by atoms with Crippen LogP contribution in [0.4, 0.5) is 18.9 Å². The largest absolute Gasteiger partial charge is 0.491 e. The Hall–Kier alpha value is -1.97. The van der Waals surface area contributed by atoms with Crippen molar-refractivity contribution in [3.8, 4) is 5.75 Å². The van der Waals surface area contributed by atoms with E-state index in [-0.39, 0.29) is 42.6 Å². The molecule has 0 amide bonds. The molecule has 2 rings (SSSR count). The fraction of sp³-hybridized carbons (Fsp3) is 0.278. The highest BCUT2D eigenvalue weighted by Crippen LogP contribution is 2.29. The summed E-state index contributed by atoms with van der Waals surface area (Å²) in [5, 5.41) is 2.89. The predicted molar refractivity (Wildman–Crippen MR) is 108 cm³/mol. The summed E-state index contributed by atoms with van der Waals surface area (Å²) in [6, 6.07) is 12.2. The molecule has 0 heterocycles. The van der Waals surface area contributed by atoms with Crippen LogP contribution in [-0.2, 0) is 12.7 Å². The van der Waals surface area contributed by atoms with E-state index in [0.717, 1.165) is 17.9 Å².